The molecule has 1 unspecified atom stereocenters. The molecule has 0 saturated carbocycles. The largest absolute Gasteiger partial charge is 0.323 e. The van der Waals surface area contributed by atoms with Crippen LogP contribution in [0.15, 0.2) is 109 Å². The Labute approximate surface area is 224 Å². The van der Waals surface area contributed by atoms with Crippen LogP contribution in [0.3, 0.4) is 0 Å². The van der Waals surface area contributed by atoms with E-state index in [-0.39, 0.29) is 0 Å². The van der Waals surface area contributed by atoms with Crippen molar-refractivity contribution >= 4 is 51.1 Å². The Bertz CT molecular complexity index is 1610. The Kier molecular flexibility index (Phi) is 7.45. The fraction of sp³-hybridized carbons (Fsp3) is 0.0968. The van der Waals surface area contributed by atoms with E-state index in [1.807, 2.05) is 54.6 Å². The molecular formula is C31H25N5O3. The van der Waals surface area contributed by atoms with E-state index in [0.717, 1.165) is 16.3 Å². The summed E-state index contributed by atoms with van der Waals surface area (Å²) >= 11 is 0. The summed E-state index contributed by atoms with van der Waals surface area (Å²) in [5, 5.41) is 10.5. The second-order valence-electron chi connectivity index (χ2n) is 9.05. The molecule has 0 fully saturated rings. The van der Waals surface area contributed by atoms with Gasteiger partial charge in [0.05, 0.1) is 22.4 Å². The highest BCUT2D eigenvalue weighted by molar-refractivity contribution is 6.17. The van der Waals surface area contributed by atoms with E-state index >= 15 is 0 Å². The van der Waals surface area contributed by atoms with Crippen LogP contribution in [-0.2, 0) is 9.59 Å². The minimum absolute atomic E-state index is 0.486. The monoisotopic (exact) mass is 515 g/mol. The van der Waals surface area contributed by atoms with Gasteiger partial charge in [0.2, 0.25) is 11.8 Å². The van der Waals surface area contributed by atoms with Gasteiger partial charge in [-0.05, 0) is 42.3 Å². The summed E-state index contributed by atoms with van der Waals surface area (Å²) in [4.78, 5) is 47.2. The molecule has 3 aromatic carbocycles. The molecule has 0 aliphatic heterocycles. The Hall–Kier alpha value is -5.24. The van der Waals surface area contributed by atoms with E-state index in [1.165, 1.54) is 0 Å². The van der Waals surface area contributed by atoms with Gasteiger partial charge < -0.3 is 10.6 Å². The first-order valence-electron chi connectivity index (χ1n) is 12.4. The van der Waals surface area contributed by atoms with Crippen molar-refractivity contribution in [1.82, 2.24) is 9.97 Å². The normalized spacial score (nSPS) is 12.1. The average Bonchev–Trinajstić information content (AvgIpc) is 2.96. The van der Waals surface area contributed by atoms with Gasteiger partial charge in [0.25, 0.3) is 0 Å². The minimum atomic E-state index is -1.20. The van der Waals surface area contributed by atoms with Crippen molar-refractivity contribution in [3.63, 3.8) is 0 Å². The maximum Gasteiger partial charge on any atom is 0.241 e. The van der Waals surface area contributed by atoms with Gasteiger partial charge in [-0.2, -0.15) is 4.91 Å². The molecule has 2 heterocycles. The quantitative estimate of drug-likeness (QED) is 0.186. The number of hydrogen-bond acceptors (Lipinski definition) is 6. The van der Waals surface area contributed by atoms with Crippen LogP contribution >= 0.6 is 0 Å². The maximum atomic E-state index is 13.8. The molecule has 5 aromatic rings. The van der Waals surface area contributed by atoms with E-state index < -0.39 is 23.8 Å². The number of pyridine rings is 2. The van der Waals surface area contributed by atoms with Crippen molar-refractivity contribution in [3.05, 3.63) is 119 Å². The number of anilines is 2. The van der Waals surface area contributed by atoms with Crippen LogP contribution in [0.2, 0.25) is 0 Å². The lowest BCUT2D eigenvalue weighted by Gasteiger charge is -2.19. The SMILES string of the molecule is CC(C=Cc1cccc(C(C(=O)Nc2cccc3cccnc23)C(=O)Nc2cccc3cccnc23)c1)N=O. The van der Waals surface area contributed by atoms with Crippen LogP contribution in [0.5, 0.6) is 0 Å². The highest BCUT2D eigenvalue weighted by Gasteiger charge is 2.30. The molecule has 192 valence electrons. The zero-order chi connectivity index (χ0) is 27.2. The van der Waals surface area contributed by atoms with Gasteiger partial charge >= 0.3 is 0 Å². The topological polar surface area (TPSA) is 113 Å². The standard InChI is InChI=1S/C31H25N5O3/c1-20(36-39)15-16-21-7-2-10-24(19-21)27(30(37)34-25-13-3-8-22-11-5-17-32-28(22)25)31(38)35-26-14-4-9-23-12-6-18-33-29(23)26/h2-20,27H,1H3,(H,34,37)(H,35,38). The predicted octanol–water partition coefficient (Wildman–Crippen LogP) is 6.31. The van der Waals surface area contributed by atoms with Crippen molar-refractivity contribution in [1.29, 1.82) is 0 Å². The van der Waals surface area contributed by atoms with E-state index in [1.54, 1.807) is 61.8 Å². The molecule has 39 heavy (non-hydrogen) atoms. The molecular weight excluding hydrogens is 490 g/mol. The van der Waals surface area contributed by atoms with Gasteiger partial charge in [-0.25, -0.2) is 0 Å². The first-order valence-corrected chi connectivity index (χ1v) is 12.4. The number of carbonyl (C=O) groups is 2. The number of aromatic nitrogens is 2. The van der Waals surface area contributed by atoms with E-state index in [2.05, 4.69) is 25.8 Å². The van der Waals surface area contributed by atoms with Crippen molar-refractivity contribution in [2.45, 2.75) is 18.9 Å². The molecule has 1 atom stereocenters. The number of nitrogens with zero attached hydrogens (tertiary/aromatic N) is 3. The highest BCUT2D eigenvalue weighted by atomic mass is 16.3. The first-order chi connectivity index (χ1) is 19.0. The fourth-order valence-corrected chi connectivity index (χ4v) is 4.37. The average molecular weight is 516 g/mol. The third kappa shape index (κ3) is 5.70. The number of fused-ring (bicyclic) bond motifs is 2. The second-order valence-corrected chi connectivity index (χ2v) is 9.05. The van der Waals surface area contributed by atoms with Crippen molar-refractivity contribution in [2.24, 2.45) is 5.18 Å². The van der Waals surface area contributed by atoms with Crippen LogP contribution in [0.4, 0.5) is 11.4 Å². The van der Waals surface area contributed by atoms with Crippen molar-refractivity contribution in [3.8, 4) is 0 Å². The molecule has 0 aliphatic rings. The molecule has 2 aromatic heterocycles. The Morgan fingerprint density at radius 1 is 0.769 bits per heavy atom. The van der Waals surface area contributed by atoms with Crippen LogP contribution in [0.1, 0.15) is 24.0 Å². The van der Waals surface area contributed by atoms with Crippen LogP contribution in [-0.4, -0.2) is 27.8 Å². The van der Waals surface area contributed by atoms with Gasteiger partial charge in [0.1, 0.15) is 12.0 Å². The lowest BCUT2D eigenvalue weighted by atomic mass is 9.94. The molecule has 2 amide bonds. The lowest BCUT2D eigenvalue weighted by Crippen LogP contribution is -2.32. The number of carbonyl (C=O) groups excluding carboxylic acids is 2. The summed E-state index contributed by atoms with van der Waals surface area (Å²) < 4.78 is 0. The van der Waals surface area contributed by atoms with Gasteiger partial charge in [0, 0.05) is 23.2 Å². The minimum Gasteiger partial charge on any atom is -0.323 e. The number of nitroso groups, excluding NO2 is 1. The lowest BCUT2D eigenvalue weighted by molar-refractivity contribution is -0.125. The third-order valence-electron chi connectivity index (χ3n) is 6.28. The molecule has 2 N–H and O–H groups in total. The number of benzene rings is 3. The van der Waals surface area contributed by atoms with E-state index in [9.17, 15) is 14.5 Å². The molecule has 0 aliphatic carbocycles. The molecule has 0 bridgehead atoms. The number of rotatable bonds is 8. The van der Waals surface area contributed by atoms with Crippen LogP contribution < -0.4 is 10.6 Å². The third-order valence-corrected chi connectivity index (χ3v) is 6.28. The second kappa shape index (κ2) is 11.4. The van der Waals surface area contributed by atoms with Gasteiger partial charge in [-0.3, -0.25) is 19.6 Å². The molecule has 8 heteroatoms. The summed E-state index contributed by atoms with van der Waals surface area (Å²) in [6.45, 7) is 1.67. The Morgan fingerprint density at radius 2 is 1.31 bits per heavy atom. The summed E-state index contributed by atoms with van der Waals surface area (Å²) in [7, 11) is 0. The van der Waals surface area contributed by atoms with Gasteiger partial charge in [-0.15, -0.1) is 0 Å². The smallest absolute Gasteiger partial charge is 0.241 e. The number of amides is 2. The summed E-state index contributed by atoms with van der Waals surface area (Å²) in [5.41, 5.74) is 3.47. The van der Waals surface area contributed by atoms with Crippen LogP contribution in [0.25, 0.3) is 27.9 Å². The van der Waals surface area contributed by atoms with Crippen molar-refractivity contribution < 1.29 is 9.59 Å². The van der Waals surface area contributed by atoms with E-state index in [0.29, 0.717) is 28.0 Å². The Balaban J connectivity index is 1.52. The maximum absolute atomic E-state index is 13.8. The summed E-state index contributed by atoms with van der Waals surface area (Å²) in [6.07, 6.45) is 6.71. The predicted molar refractivity (Wildman–Crippen MR) is 154 cm³/mol. The molecule has 8 nitrogen and oxygen atoms in total. The van der Waals surface area contributed by atoms with Gasteiger partial charge in [0.15, 0.2) is 0 Å². The molecule has 0 radical (unpaired) electrons. The summed E-state index contributed by atoms with van der Waals surface area (Å²) in [6, 6.07) is 25.0. The zero-order valence-corrected chi connectivity index (χ0v) is 21.1. The number of hydrogen-bond donors (Lipinski definition) is 2. The highest BCUT2D eigenvalue weighted by Crippen LogP contribution is 2.27. The first kappa shape index (κ1) is 25.4. The van der Waals surface area contributed by atoms with E-state index in [4.69, 9.17) is 0 Å². The molecule has 0 spiro atoms. The Morgan fingerprint density at radius 3 is 1.87 bits per heavy atom. The molecule has 5 rings (SSSR count). The zero-order valence-electron chi connectivity index (χ0n) is 21.1. The van der Waals surface area contributed by atoms with Crippen LogP contribution in [0, 0.1) is 4.91 Å². The number of nitrogens with one attached hydrogen (secondary N) is 2. The fourth-order valence-electron chi connectivity index (χ4n) is 4.37. The number of para-hydroxylation sites is 2. The van der Waals surface area contributed by atoms with Crippen molar-refractivity contribution in [2.75, 3.05) is 10.6 Å². The summed E-state index contributed by atoms with van der Waals surface area (Å²) in [5.74, 6) is -2.22. The van der Waals surface area contributed by atoms with Gasteiger partial charge in [-0.1, -0.05) is 78.0 Å². The molecule has 0 saturated heterocycles.